The number of ether oxygens (including phenoxy) is 1. The van der Waals surface area contributed by atoms with Gasteiger partial charge in [0.2, 0.25) is 0 Å². The monoisotopic (exact) mass is 277 g/mol. The first-order valence-electron chi connectivity index (χ1n) is 6.18. The van der Waals surface area contributed by atoms with Crippen molar-refractivity contribution < 1.29 is 23.1 Å². The van der Waals surface area contributed by atoms with Crippen molar-refractivity contribution in [2.75, 3.05) is 44.4 Å². The number of hydrogen-bond acceptors (Lipinski definition) is 5. The first-order valence-corrected chi connectivity index (χ1v) is 8.00. The summed E-state index contributed by atoms with van der Waals surface area (Å²) in [4.78, 5) is 13.3. The maximum atomic E-state index is 11.5. The molecular weight excluding hydrogens is 258 g/mol. The highest BCUT2D eigenvalue weighted by atomic mass is 32.2. The van der Waals surface area contributed by atoms with E-state index in [4.69, 9.17) is 4.74 Å². The zero-order valence-corrected chi connectivity index (χ0v) is 11.1. The number of nitrogens with zero attached hydrogens (tertiary/aromatic N) is 1. The molecule has 0 spiro atoms. The molecule has 2 fully saturated rings. The van der Waals surface area contributed by atoms with Crippen LogP contribution in [0.1, 0.15) is 12.8 Å². The SMILES string of the molecule is O=C(O)C1(CN2CCCS(=O)(=O)CC2)CCOC1. The standard InChI is InChI=1S/C11H19NO5S/c13-10(14)11(2-5-17-9-11)8-12-3-1-6-18(15,16)7-4-12/h1-9H2,(H,13,14). The molecule has 0 aromatic rings. The van der Waals surface area contributed by atoms with Crippen LogP contribution in [0, 0.1) is 5.41 Å². The van der Waals surface area contributed by atoms with Gasteiger partial charge in [-0.15, -0.1) is 0 Å². The maximum Gasteiger partial charge on any atom is 0.313 e. The number of aliphatic carboxylic acids is 1. The molecule has 0 amide bonds. The van der Waals surface area contributed by atoms with Gasteiger partial charge in [-0.2, -0.15) is 0 Å². The molecule has 7 heteroatoms. The van der Waals surface area contributed by atoms with E-state index in [0.29, 0.717) is 39.1 Å². The molecule has 0 bridgehead atoms. The van der Waals surface area contributed by atoms with Crippen LogP contribution in [0.4, 0.5) is 0 Å². The van der Waals surface area contributed by atoms with E-state index in [9.17, 15) is 18.3 Å². The number of hydrogen-bond donors (Lipinski definition) is 1. The highest BCUT2D eigenvalue weighted by Crippen LogP contribution is 2.30. The first-order chi connectivity index (χ1) is 8.44. The second-order valence-electron chi connectivity index (χ2n) is 5.17. The number of carboxylic acid groups (broad SMARTS) is 1. The quantitative estimate of drug-likeness (QED) is 0.755. The fourth-order valence-electron chi connectivity index (χ4n) is 2.54. The van der Waals surface area contributed by atoms with E-state index in [1.54, 1.807) is 0 Å². The summed E-state index contributed by atoms with van der Waals surface area (Å²) in [6.07, 6.45) is 1.09. The summed E-state index contributed by atoms with van der Waals surface area (Å²) in [5, 5.41) is 9.34. The van der Waals surface area contributed by atoms with Crippen LogP contribution in [-0.4, -0.2) is 68.7 Å². The van der Waals surface area contributed by atoms with E-state index >= 15 is 0 Å². The predicted molar refractivity (Wildman–Crippen MR) is 65.2 cm³/mol. The van der Waals surface area contributed by atoms with Crippen LogP contribution >= 0.6 is 0 Å². The summed E-state index contributed by atoms with van der Waals surface area (Å²) in [6, 6.07) is 0. The highest BCUT2D eigenvalue weighted by Gasteiger charge is 2.44. The lowest BCUT2D eigenvalue weighted by Gasteiger charge is -2.29. The molecule has 2 aliphatic rings. The van der Waals surface area contributed by atoms with Gasteiger partial charge in [-0.3, -0.25) is 4.79 Å². The molecule has 2 aliphatic heterocycles. The lowest BCUT2D eigenvalue weighted by atomic mass is 9.86. The van der Waals surface area contributed by atoms with Crippen LogP contribution < -0.4 is 0 Å². The highest BCUT2D eigenvalue weighted by molar-refractivity contribution is 7.91. The van der Waals surface area contributed by atoms with E-state index in [2.05, 4.69) is 0 Å². The molecule has 1 atom stereocenters. The van der Waals surface area contributed by atoms with Crippen LogP contribution in [0.25, 0.3) is 0 Å². The van der Waals surface area contributed by atoms with E-state index in [1.165, 1.54) is 0 Å². The topological polar surface area (TPSA) is 83.9 Å². The van der Waals surface area contributed by atoms with E-state index in [-0.39, 0.29) is 18.1 Å². The van der Waals surface area contributed by atoms with Gasteiger partial charge in [0.1, 0.15) is 5.41 Å². The van der Waals surface area contributed by atoms with Crippen molar-refractivity contribution in [2.45, 2.75) is 12.8 Å². The summed E-state index contributed by atoms with van der Waals surface area (Å²) in [5.74, 6) is -0.504. The van der Waals surface area contributed by atoms with E-state index in [1.807, 2.05) is 4.90 Å². The number of sulfone groups is 1. The Morgan fingerprint density at radius 3 is 2.72 bits per heavy atom. The Hall–Kier alpha value is -0.660. The Balaban J connectivity index is 2.02. The third-order valence-electron chi connectivity index (χ3n) is 3.73. The Morgan fingerprint density at radius 1 is 1.33 bits per heavy atom. The smallest absolute Gasteiger partial charge is 0.313 e. The Labute approximate surface area is 107 Å². The van der Waals surface area contributed by atoms with Gasteiger partial charge in [-0.25, -0.2) is 8.42 Å². The zero-order valence-electron chi connectivity index (χ0n) is 10.3. The molecule has 104 valence electrons. The van der Waals surface area contributed by atoms with Gasteiger partial charge in [0.05, 0.1) is 18.1 Å². The maximum absolute atomic E-state index is 11.5. The molecule has 2 saturated heterocycles. The molecule has 2 rings (SSSR count). The van der Waals surface area contributed by atoms with Gasteiger partial charge in [0.25, 0.3) is 0 Å². The van der Waals surface area contributed by atoms with E-state index in [0.717, 1.165) is 0 Å². The summed E-state index contributed by atoms with van der Waals surface area (Å²) >= 11 is 0. The van der Waals surface area contributed by atoms with Crippen molar-refractivity contribution >= 4 is 15.8 Å². The van der Waals surface area contributed by atoms with Crippen molar-refractivity contribution in [1.29, 1.82) is 0 Å². The Bertz CT molecular complexity index is 413. The fourth-order valence-corrected chi connectivity index (χ4v) is 3.85. The Morgan fingerprint density at radius 2 is 2.11 bits per heavy atom. The van der Waals surface area contributed by atoms with Crippen molar-refractivity contribution in [3.05, 3.63) is 0 Å². The van der Waals surface area contributed by atoms with Crippen LogP contribution in [0.2, 0.25) is 0 Å². The van der Waals surface area contributed by atoms with Gasteiger partial charge >= 0.3 is 5.97 Å². The zero-order chi connectivity index (χ0) is 13.2. The summed E-state index contributed by atoms with van der Waals surface area (Å²) < 4.78 is 28.2. The normalized spacial score (nSPS) is 33.1. The van der Waals surface area contributed by atoms with Crippen LogP contribution in [-0.2, 0) is 19.4 Å². The van der Waals surface area contributed by atoms with Gasteiger partial charge in [0, 0.05) is 19.7 Å². The van der Waals surface area contributed by atoms with Crippen molar-refractivity contribution in [3.63, 3.8) is 0 Å². The van der Waals surface area contributed by atoms with Crippen molar-refractivity contribution in [3.8, 4) is 0 Å². The fraction of sp³-hybridized carbons (Fsp3) is 0.909. The van der Waals surface area contributed by atoms with Crippen LogP contribution in [0.3, 0.4) is 0 Å². The minimum atomic E-state index is -2.95. The molecule has 6 nitrogen and oxygen atoms in total. The van der Waals surface area contributed by atoms with Crippen molar-refractivity contribution in [2.24, 2.45) is 5.41 Å². The molecule has 0 aromatic carbocycles. The van der Waals surface area contributed by atoms with Crippen LogP contribution in [0.15, 0.2) is 0 Å². The van der Waals surface area contributed by atoms with E-state index < -0.39 is 21.2 Å². The number of rotatable bonds is 3. The molecule has 1 unspecified atom stereocenters. The first kappa shape index (κ1) is 13.8. The lowest BCUT2D eigenvalue weighted by molar-refractivity contribution is -0.150. The summed E-state index contributed by atoms with van der Waals surface area (Å²) in [7, 11) is -2.95. The lowest BCUT2D eigenvalue weighted by Crippen LogP contribution is -2.44. The molecule has 18 heavy (non-hydrogen) atoms. The molecule has 1 N–H and O–H groups in total. The van der Waals surface area contributed by atoms with Gasteiger partial charge in [0.15, 0.2) is 9.84 Å². The Kier molecular flexibility index (Phi) is 3.93. The van der Waals surface area contributed by atoms with Crippen molar-refractivity contribution in [1.82, 2.24) is 4.90 Å². The summed E-state index contributed by atoms with van der Waals surface area (Å²) in [5.41, 5.74) is -0.853. The second-order valence-corrected chi connectivity index (χ2v) is 7.47. The average molecular weight is 277 g/mol. The van der Waals surface area contributed by atoms with Crippen LogP contribution in [0.5, 0.6) is 0 Å². The van der Waals surface area contributed by atoms with Gasteiger partial charge in [-0.05, 0) is 19.4 Å². The number of carboxylic acids is 1. The third kappa shape index (κ3) is 3.02. The molecule has 2 heterocycles. The molecule has 0 saturated carbocycles. The summed E-state index contributed by atoms with van der Waals surface area (Å²) in [6.45, 7) is 2.16. The second kappa shape index (κ2) is 5.14. The average Bonchev–Trinajstić information content (AvgIpc) is 2.69. The molecule has 0 radical (unpaired) electrons. The predicted octanol–water partition coefficient (Wildman–Crippen LogP) is -0.402. The van der Waals surface area contributed by atoms with Gasteiger partial charge in [-0.1, -0.05) is 0 Å². The minimum Gasteiger partial charge on any atom is -0.481 e. The van der Waals surface area contributed by atoms with Gasteiger partial charge < -0.3 is 14.7 Å². The number of carbonyl (C=O) groups is 1. The molecule has 0 aliphatic carbocycles. The molecular formula is C11H19NO5S. The molecule has 0 aromatic heterocycles. The third-order valence-corrected chi connectivity index (χ3v) is 5.45. The largest absolute Gasteiger partial charge is 0.481 e. The minimum absolute atomic E-state index is 0.129.